The molecule has 1 aromatic rings. The molecule has 1 aliphatic carbocycles. The van der Waals surface area contributed by atoms with Crippen LogP contribution >= 0.6 is 0 Å². The maximum atomic E-state index is 10.0. The molecular weight excluding hydrogens is 226 g/mol. The van der Waals surface area contributed by atoms with Gasteiger partial charge in [-0.25, -0.2) is 0 Å². The van der Waals surface area contributed by atoms with Gasteiger partial charge in [-0.05, 0) is 26.7 Å². The molecule has 0 spiro atoms. The lowest BCUT2D eigenvalue weighted by atomic mass is 10.1. The molecule has 0 radical (unpaired) electrons. The Balaban J connectivity index is 1.85. The normalized spacial score (nSPS) is 25.3. The average Bonchev–Trinajstić information content (AvgIpc) is 2.72. The Hall–Kier alpha value is -0.870. The predicted octanol–water partition coefficient (Wildman–Crippen LogP) is 2.25. The lowest BCUT2D eigenvalue weighted by Gasteiger charge is -2.21. The summed E-state index contributed by atoms with van der Waals surface area (Å²) in [6.45, 7) is 5.05. The highest BCUT2D eigenvalue weighted by Gasteiger charge is 2.20. The maximum Gasteiger partial charge on any atom is 0.0693 e. The van der Waals surface area contributed by atoms with E-state index < -0.39 is 0 Å². The third kappa shape index (κ3) is 3.56. The molecule has 1 aliphatic rings. The Morgan fingerprint density at radius 3 is 2.89 bits per heavy atom. The van der Waals surface area contributed by atoms with Crippen molar-refractivity contribution in [3.05, 3.63) is 18.0 Å². The summed E-state index contributed by atoms with van der Waals surface area (Å²) in [5.74, 6) is 0. The third-order valence-electron chi connectivity index (χ3n) is 3.73. The van der Waals surface area contributed by atoms with E-state index >= 15 is 0 Å². The second-order valence-electron chi connectivity index (χ2n) is 5.62. The van der Waals surface area contributed by atoms with Gasteiger partial charge in [0.25, 0.3) is 0 Å². The summed E-state index contributed by atoms with van der Waals surface area (Å²) >= 11 is 0. The van der Waals surface area contributed by atoms with Gasteiger partial charge in [0.2, 0.25) is 0 Å². The molecule has 2 atom stereocenters. The van der Waals surface area contributed by atoms with Crippen molar-refractivity contribution in [3.63, 3.8) is 0 Å². The van der Waals surface area contributed by atoms with Gasteiger partial charge in [-0.15, -0.1) is 0 Å². The van der Waals surface area contributed by atoms with Gasteiger partial charge in [0.15, 0.2) is 0 Å². The fourth-order valence-corrected chi connectivity index (χ4v) is 2.53. The molecule has 1 saturated carbocycles. The zero-order chi connectivity index (χ0) is 13.0. The molecule has 2 N–H and O–H groups in total. The van der Waals surface area contributed by atoms with Crippen LogP contribution in [0, 0.1) is 0 Å². The number of hydrogen-bond acceptors (Lipinski definition) is 3. The Morgan fingerprint density at radius 2 is 2.17 bits per heavy atom. The van der Waals surface area contributed by atoms with E-state index in [1.807, 2.05) is 10.9 Å². The Kier molecular flexibility index (Phi) is 4.78. The molecule has 2 unspecified atom stereocenters. The lowest BCUT2D eigenvalue weighted by Crippen LogP contribution is -2.38. The van der Waals surface area contributed by atoms with Crippen molar-refractivity contribution in [2.75, 3.05) is 0 Å². The molecule has 1 fully saturated rings. The maximum absolute atomic E-state index is 10.0. The van der Waals surface area contributed by atoms with E-state index in [-0.39, 0.29) is 12.1 Å². The van der Waals surface area contributed by atoms with E-state index in [9.17, 15) is 5.11 Å². The lowest BCUT2D eigenvalue weighted by molar-refractivity contribution is 0.119. The fourth-order valence-electron chi connectivity index (χ4n) is 2.53. The minimum absolute atomic E-state index is 0.187. The zero-order valence-corrected chi connectivity index (χ0v) is 11.5. The zero-order valence-electron chi connectivity index (χ0n) is 11.5. The Morgan fingerprint density at radius 1 is 1.39 bits per heavy atom. The van der Waals surface area contributed by atoms with Gasteiger partial charge in [0.1, 0.15) is 0 Å². The van der Waals surface area contributed by atoms with E-state index in [1.54, 1.807) is 0 Å². The van der Waals surface area contributed by atoms with Crippen molar-refractivity contribution in [2.45, 2.75) is 70.7 Å². The quantitative estimate of drug-likeness (QED) is 0.807. The van der Waals surface area contributed by atoms with Crippen LogP contribution in [0.1, 0.15) is 57.6 Å². The van der Waals surface area contributed by atoms with Crippen molar-refractivity contribution in [1.82, 2.24) is 15.1 Å². The Labute approximate surface area is 109 Å². The Bertz CT molecular complexity index is 362. The van der Waals surface area contributed by atoms with Gasteiger partial charge < -0.3 is 10.4 Å². The molecule has 0 amide bonds. The monoisotopic (exact) mass is 251 g/mol. The molecule has 18 heavy (non-hydrogen) atoms. The summed E-state index contributed by atoms with van der Waals surface area (Å²) in [7, 11) is 0. The molecule has 0 aliphatic heterocycles. The standard InChI is InChI=1S/C14H25N3O/c1-11(2)17-10-12(9-16-17)8-15-13-6-4-3-5-7-14(13)18/h9-11,13-15,18H,3-8H2,1-2H3. The highest BCUT2D eigenvalue weighted by Crippen LogP contribution is 2.18. The van der Waals surface area contributed by atoms with Crippen molar-refractivity contribution in [3.8, 4) is 0 Å². The molecule has 0 saturated heterocycles. The highest BCUT2D eigenvalue weighted by molar-refractivity contribution is 5.04. The number of aromatic nitrogens is 2. The molecular formula is C14H25N3O. The smallest absolute Gasteiger partial charge is 0.0693 e. The van der Waals surface area contributed by atoms with Crippen LogP contribution in [0.2, 0.25) is 0 Å². The van der Waals surface area contributed by atoms with Crippen LogP contribution in [-0.4, -0.2) is 27.0 Å². The molecule has 1 heterocycles. The van der Waals surface area contributed by atoms with Crippen molar-refractivity contribution in [1.29, 1.82) is 0 Å². The number of nitrogens with one attached hydrogen (secondary N) is 1. The topological polar surface area (TPSA) is 50.1 Å². The molecule has 0 bridgehead atoms. The van der Waals surface area contributed by atoms with E-state index in [4.69, 9.17) is 0 Å². The van der Waals surface area contributed by atoms with Crippen LogP contribution in [0.25, 0.3) is 0 Å². The molecule has 2 rings (SSSR count). The molecule has 1 aromatic heterocycles. The minimum Gasteiger partial charge on any atom is -0.392 e. The number of aliphatic hydroxyl groups excluding tert-OH is 1. The van der Waals surface area contributed by atoms with Gasteiger partial charge in [-0.1, -0.05) is 19.3 Å². The second kappa shape index (κ2) is 6.34. The number of rotatable bonds is 4. The summed E-state index contributed by atoms with van der Waals surface area (Å²) in [6.07, 6.45) is 9.46. The first-order valence-electron chi connectivity index (χ1n) is 7.11. The van der Waals surface area contributed by atoms with E-state index in [2.05, 4.69) is 30.5 Å². The van der Waals surface area contributed by atoms with E-state index in [0.717, 1.165) is 25.8 Å². The predicted molar refractivity (Wildman–Crippen MR) is 72.3 cm³/mol. The summed E-state index contributed by atoms with van der Waals surface area (Å²) in [5, 5.41) is 17.8. The fraction of sp³-hybridized carbons (Fsp3) is 0.786. The highest BCUT2D eigenvalue weighted by atomic mass is 16.3. The third-order valence-corrected chi connectivity index (χ3v) is 3.73. The van der Waals surface area contributed by atoms with Crippen LogP contribution in [0.5, 0.6) is 0 Å². The van der Waals surface area contributed by atoms with Gasteiger partial charge >= 0.3 is 0 Å². The number of aliphatic hydroxyl groups is 1. The molecule has 4 nitrogen and oxygen atoms in total. The van der Waals surface area contributed by atoms with Crippen molar-refractivity contribution < 1.29 is 5.11 Å². The van der Waals surface area contributed by atoms with Crippen LogP contribution in [-0.2, 0) is 6.54 Å². The first-order valence-corrected chi connectivity index (χ1v) is 7.11. The van der Waals surface area contributed by atoms with Crippen LogP contribution < -0.4 is 5.32 Å². The van der Waals surface area contributed by atoms with Gasteiger partial charge in [-0.2, -0.15) is 5.10 Å². The summed E-state index contributed by atoms with van der Waals surface area (Å²) in [6, 6.07) is 0.650. The SMILES string of the molecule is CC(C)n1cc(CNC2CCCCCC2O)cn1. The summed E-state index contributed by atoms with van der Waals surface area (Å²) in [4.78, 5) is 0. The van der Waals surface area contributed by atoms with Crippen LogP contribution in [0.15, 0.2) is 12.4 Å². The second-order valence-corrected chi connectivity index (χ2v) is 5.62. The molecule has 102 valence electrons. The van der Waals surface area contributed by atoms with Crippen molar-refractivity contribution >= 4 is 0 Å². The summed E-state index contributed by atoms with van der Waals surface area (Å²) in [5.41, 5.74) is 1.19. The van der Waals surface area contributed by atoms with Gasteiger partial charge in [0, 0.05) is 30.4 Å². The first kappa shape index (κ1) is 13.6. The van der Waals surface area contributed by atoms with E-state index in [1.165, 1.54) is 18.4 Å². The minimum atomic E-state index is -0.187. The summed E-state index contributed by atoms with van der Waals surface area (Å²) < 4.78 is 1.97. The van der Waals surface area contributed by atoms with Gasteiger partial charge in [-0.3, -0.25) is 4.68 Å². The van der Waals surface area contributed by atoms with Gasteiger partial charge in [0.05, 0.1) is 12.3 Å². The first-order chi connectivity index (χ1) is 8.66. The van der Waals surface area contributed by atoms with Crippen LogP contribution in [0.4, 0.5) is 0 Å². The largest absolute Gasteiger partial charge is 0.392 e. The molecule has 0 aromatic carbocycles. The van der Waals surface area contributed by atoms with Crippen molar-refractivity contribution in [2.24, 2.45) is 0 Å². The number of nitrogens with zero attached hydrogens (tertiary/aromatic N) is 2. The van der Waals surface area contributed by atoms with Crippen LogP contribution in [0.3, 0.4) is 0 Å². The van der Waals surface area contributed by atoms with E-state index in [0.29, 0.717) is 6.04 Å². The molecule has 4 heteroatoms. The number of hydrogen-bond donors (Lipinski definition) is 2. The average molecular weight is 251 g/mol.